The Bertz CT molecular complexity index is 1040. The third-order valence-electron chi connectivity index (χ3n) is 14.2. The van der Waals surface area contributed by atoms with Gasteiger partial charge in [0.05, 0.1) is 18.8 Å². The molecule has 0 aliphatic heterocycles. The maximum Gasteiger partial charge on any atom is 0.249 e. The van der Waals surface area contributed by atoms with Gasteiger partial charge in [-0.2, -0.15) is 0 Å². The van der Waals surface area contributed by atoms with Crippen molar-refractivity contribution in [1.82, 2.24) is 5.32 Å². The quantitative estimate of drug-likeness (QED) is 0.0361. The van der Waals surface area contributed by atoms with Gasteiger partial charge in [0.2, 0.25) is 5.91 Å². The zero-order valence-electron chi connectivity index (χ0n) is 45.3. The first-order valence-corrected chi connectivity index (χ1v) is 30.3. The number of aliphatic hydroxyl groups is 3. The SMILES string of the molecule is CCCCCCCCCCCCCC/C=C\CCCCCCCCCCCCCCCC(O)C(=O)NC(CO)C(O)/C=C/CC/C=C/CCCCCCCCCCCCCCCCCCCC. The van der Waals surface area contributed by atoms with Gasteiger partial charge in [0.1, 0.15) is 6.10 Å². The molecule has 0 bridgehead atoms. The predicted molar refractivity (Wildman–Crippen MR) is 296 cm³/mol. The minimum absolute atomic E-state index is 0.374. The summed E-state index contributed by atoms with van der Waals surface area (Å²) in [6, 6.07) is -0.815. The molecule has 0 rings (SSSR count). The Labute approximate surface area is 419 Å². The number of allylic oxidation sites excluding steroid dienone is 5. The van der Waals surface area contributed by atoms with Gasteiger partial charge < -0.3 is 20.6 Å². The van der Waals surface area contributed by atoms with Crippen molar-refractivity contribution in [3.63, 3.8) is 0 Å². The Morgan fingerprint density at radius 1 is 0.358 bits per heavy atom. The fourth-order valence-corrected chi connectivity index (χ4v) is 9.49. The van der Waals surface area contributed by atoms with Gasteiger partial charge in [-0.3, -0.25) is 4.79 Å². The molecule has 396 valence electrons. The number of rotatable bonds is 56. The summed E-state index contributed by atoms with van der Waals surface area (Å²) in [4.78, 5) is 12.6. The number of amides is 1. The van der Waals surface area contributed by atoms with Crippen molar-refractivity contribution in [2.75, 3.05) is 6.61 Å². The predicted octanol–water partition coefficient (Wildman–Crippen LogP) is 19.0. The molecule has 0 aliphatic carbocycles. The second kappa shape index (κ2) is 57.2. The van der Waals surface area contributed by atoms with E-state index in [1.54, 1.807) is 6.08 Å². The lowest BCUT2D eigenvalue weighted by atomic mass is 10.0. The smallest absolute Gasteiger partial charge is 0.249 e. The van der Waals surface area contributed by atoms with Gasteiger partial charge >= 0.3 is 0 Å². The van der Waals surface area contributed by atoms with Crippen LogP contribution in [-0.2, 0) is 4.79 Å². The molecule has 5 heteroatoms. The van der Waals surface area contributed by atoms with Crippen LogP contribution in [0.4, 0.5) is 0 Å². The normalized spacial score (nSPS) is 13.4. The number of hydrogen-bond acceptors (Lipinski definition) is 4. The van der Waals surface area contributed by atoms with E-state index in [1.165, 1.54) is 270 Å². The molecule has 5 nitrogen and oxygen atoms in total. The standard InChI is InChI=1S/C62H119NO4/c1-3-5-7-9-11-13-15-17-19-21-23-25-27-29-30-31-32-33-35-37-39-41-43-45-47-49-51-53-55-57-61(66)62(67)63-59(58-64)60(65)56-54-52-50-48-46-44-42-40-38-36-34-28-26-24-22-20-18-16-14-12-10-8-6-4-2/h29-30,46,48,54,56,59-61,64-66H,3-28,31-45,47,49-53,55,57-58H2,1-2H3,(H,63,67)/b30-29-,48-46+,56-54+. The first-order valence-electron chi connectivity index (χ1n) is 30.3. The van der Waals surface area contributed by atoms with Crippen LogP contribution in [-0.4, -0.2) is 46.1 Å². The van der Waals surface area contributed by atoms with Gasteiger partial charge in [0.25, 0.3) is 0 Å². The Kier molecular flexibility index (Phi) is 55.9. The van der Waals surface area contributed by atoms with Gasteiger partial charge in [-0.1, -0.05) is 307 Å². The first-order chi connectivity index (χ1) is 33.1. The number of aliphatic hydroxyl groups excluding tert-OH is 3. The molecule has 0 saturated heterocycles. The molecular weight excluding hydrogens is 823 g/mol. The highest BCUT2D eigenvalue weighted by Crippen LogP contribution is 2.18. The molecule has 0 fully saturated rings. The summed E-state index contributed by atoms with van der Waals surface area (Å²) in [6.45, 7) is 4.21. The molecule has 0 aromatic heterocycles. The van der Waals surface area contributed by atoms with Crippen molar-refractivity contribution in [1.29, 1.82) is 0 Å². The monoisotopic (exact) mass is 942 g/mol. The van der Waals surface area contributed by atoms with Crippen molar-refractivity contribution in [3.05, 3.63) is 36.5 Å². The second-order valence-electron chi connectivity index (χ2n) is 20.9. The van der Waals surface area contributed by atoms with Crippen molar-refractivity contribution >= 4 is 5.91 Å². The van der Waals surface area contributed by atoms with Crippen LogP contribution < -0.4 is 5.32 Å². The lowest BCUT2D eigenvalue weighted by Crippen LogP contribution is -2.48. The van der Waals surface area contributed by atoms with Crippen molar-refractivity contribution in [3.8, 4) is 0 Å². The maximum absolute atomic E-state index is 12.6. The summed E-state index contributed by atoms with van der Waals surface area (Å²) in [5.41, 5.74) is 0. The van der Waals surface area contributed by atoms with Crippen LogP contribution in [0, 0.1) is 0 Å². The number of hydrogen-bond donors (Lipinski definition) is 4. The molecule has 67 heavy (non-hydrogen) atoms. The largest absolute Gasteiger partial charge is 0.394 e. The van der Waals surface area contributed by atoms with Crippen LogP contribution in [0.15, 0.2) is 36.5 Å². The summed E-state index contributed by atoms with van der Waals surface area (Å²) >= 11 is 0. The fourth-order valence-electron chi connectivity index (χ4n) is 9.49. The van der Waals surface area contributed by atoms with Crippen LogP contribution in [0.3, 0.4) is 0 Å². The first kappa shape index (κ1) is 65.6. The second-order valence-corrected chi connectivity index (χ2v) is 20.9. The average Bonchev–Trinajstić information content (AvgIpc) is 3.33. The Morgan fingerprint density at radius 3 is 0.910 bits per heavy atom. The molecule has 0 radical (unpaired) electrons. The highest BCUT2D eigenvalue weighted by atomic mass is 16.3. The lowest BCUT2D eigenvalue weighted by Gasteiger charge is -2.21. The summed E-state index contributed by atoms with van der Waals surface area (Å²) in [5.74, 6) is -0.508. The van der Waals surface area contributed by atoms with E-state index in [4.69, 9.17) is 0 Å². The Balaban J connectivity index is 3.57. The van der Waals surface area contributed by atoms with E-state index in [0.29, 0.717) is 6.42 Å². The van der Waals surface area contributed by atoms with E-state index in [1.807, 2.05) is 6.08 Å². The molecule has 4 N–H and O–H groups in total. The maximum atomic E-state index is 12.6. The molecule has 3 atom stereocenters. The summed E-state index contributed by atoms with van der Waals surface area (Å²) in [6.07, 6.45) is 75.3. The zero-order chi connectivity index (χ0) is 48.6. The number of unbranched alkanes of at least 4 members (excludes halogenated alkanes) is 44. The molecule has 3 unspecified atom stereocenters. The highest BCUT2D eigenvalue weighted by Gasteiger charge is 2.22. The van der Waals surface area contributed by atoms with Gasteiger partial charge in [-0.15, -0.1) is 0 Å². The van der Waals surface area contributed by atoms with Crippen LogP contribution in [0.2, 0.25) is 0 Å². The third kappa shape index (κ3) is 52.2. The summed E-state index contributed by atoms with van der Waals surface area (Å²) in [5, 5.41) is 33.4. The van der Waals surface area contributed by atoms with Crippen molar-refractivity contribution in [2.24, 2.45) is 0 Å². The van der Waals surface area contributed by atoms with E-state index in [0.717, 1.165) is 38.5 Å². The Morgan fingerprint density at radius 2 is 0.612 bits per heavy atom. The molecule has 0 aromatic rings. The van der Waals surface area contributed by atoms with E-state index in [2.05, 4.69) is 43.5 Å². The summed E-state index contributed by atoms with van der Waals surface area (Å²) in [7, 11) is 0. The highest BCUT2D eigenvalue weighted by molar-refractivity contribution is 5.80. The minimum Gasteiger partial charge on any atom is -0.394 e. The van der Waals surface area contributed by atoms with Gasteiger partial charge in [0.15, 0.2) is 0 Å². The minimum atomic E-state index is -1.11. The van der Waals surface area contributed by atoms with Crippen LogP contribution >= 0.6 is 0 Å². The van der Waals surface area contributed by atoms with Crippen LogP contribution in [0.5, 0.6) is 0 Å². The van der Waals surface area contributed by atoms with Crippen LogP contribution in [0.1, 0.15) is 328 Å². The van der Waals surface area contributed by atoms with Gasteiger partial charge in [-0.25, -0.2) is 0 Å². The fraction of sp³-hybridized carbons (Fsp3) is 0.887. The van der Waals surface area contributed by atoms with E-state index >= 15 is 0 Å². The van der Waals surface area contributed by atoms with Crippen molar-refractivity contribution in [2.45, 2.75) is 347 Å². The van der Waals surface area contributed by atoms with Crippen LogP contribution in [0.25, 0.3) is 0 Å². The average molecular weight is 943 g/mol. The molecular formula is C62H119NO4. The molecule has 1 amide bonds. The Hall–Kier alpha value is -1.43. The lowest BCUT2D eigenvalue weighted by molar-refractivity contribution is -0.131. The molecule has 0 aromatic carbocycles. The van der Waals surface area contributed by atoms with E-state index < -0.39 is 24.2 Å². The third-order valence-corrected chi connectivity index (χ3v) is 14.2. The molecule has 0 saturated carbocycles. The topological polar surface area (TPSA) is 89.8 Å². The summed E-state index contributed by atoms with van der Waals surface area (Å²) < 4.78 is 0. The van der Waals surface area contributed by atoms with E-state index in [-0.39, 0.29) is 6.61 Å². The molecule has 0 spiro atoms. The van der Waals surface area contributed by atoms with Crippen molar-refractivity contribution < 1.29 is 20.1 Å². The van der Waals surface area contributed by atoms with E-state index in [9.17, 15) is 20.1 Å². The van der Waals surface area contributed by atoms with Gasteiger partial charge in [-0.05, 0) is 57.8 Å². The van der Waals surface area contributed by atoms with Gasteiger partial charge in [0, 0.05) is 0 Å². The molecule has 0 heterocycles. The zero-order valence-corrected chi connectivity index (χ0v) is 45.3. The number of nitrogens with one attached hydrogen (secondary N) is 1. The number of carbonyl (C=O) groups excluding carboxylic acids is 1. The molecule has 0 aliphatic rings. The number of carbonyl (C=O) groups is 1.